The normalized spacial score (nSPS) is 28.7. The number of alkyl halides is 1. The molecule has 1 N–H and O–H groups in total. The molecule has 2 atom stereocenters. The lowest BCUT2D eigenvalue weighted by molar-refractivity contribution is 0.137. The molecule has 0 amide bonds. The molecule has 0 aromatic carbocycles. The average Bonchev–Trinajstić information content (AvgIpc) is 2.13. The summed E-state index contributed by atoms with van der Waals surface area (Å²) >= 11 is 5.98. The van der Waals surface area contributed by atoms with Crippen LogP contribution in [0.2, 0.25) is 0 Å². The lowest BCUT2D eigenvalue weighted by Crippen LogP contribution is -2.59. The van der Waals surface area contributed by atoms with E-state index in [2.05, 4.69) is 4.72 Å². The molecular weight excluding hydrogens is 286 g/mol. The zero-order chi connectivity index (χ0) is 13.5. The zero-order valence-corrected chi connectivity index (χ0v) is 12.5. The molecule has 0 saturated heterocycles. The van der Waals surface area contributed by atoms with Crippen molar-refractivity contribution in [2.75, 3.05) is 17.8 Å². The van der Waals surface area contributed by atoms with E-state index >= 15 is 0 Å². The van der Waals surface area contributed by atoms with Crippen LogP contribution in [0, 0.1) is 5.41 Å². The van der Waals surface area contributed by atoms with Gasteiger partial charge >= 0.3 is 0 Å². The molecule has 0 heterocycles. The fourth-order valence-corrected chi connectivity index (χ4v) is 4.98. The summed E-state index contributed by atoms with van der Waals surface area (Å²) in [6.45, 7) is 3.77. The van der Waals surface area contributed by atoms with E-state index in [-0.39, 0.29) is 22.6 Å². The number of sulfonamides is 1. The van der Waals surface area contributed by atoms with Crippen LogP contribution in [0.25, 0.3) is 0 Å². The number of nitrogens with one attached hydrogen (secondary N) is 1. The number of rotatable bonds is 5. The van der Waals surface area contributed by atoms with Crippen molar-refractivity contribution >= 4 is 31.5 Å². The highest BCUT2D eigenvalue weighted by molar-refractivity contribution is 7.93. The minimum absolute atomic E-state index is 0.0508. The first-order valence-electron chi connectivity index (χ1n) is 5.26. The standard InChI is InChI=1S/C9H18ClNO4S2/c1-9(2)7(10)6-8(9)11-17(14,15)5-4-16(3,12)13/h7-8,11H,4-6H2,1-3H3. The van der Waals surface area contributed by atoms with E-state index < -0.39 is 25.6 Å². The van der Waals surface area contributed by atoms with Crippen molar-refractivity contribution in [3.8, 4) is 0 Å². The molecule has 1 rings (SSSR count). The molecule has 1 aliphatic rings. The Hall–Kier alpha value is 0.150. The Morgan fingerprint density at radius 2 is 1.76 bits per heavy atom. The third-order valence-electron chi connectivity index (χ3n) is 3.19. The second kappa shape index (κ2) is 4.68. The van der Waals surface area contributed by atoms with E-state index in [1.807, 2.05) is 13.8 Å². The summed E-state index contributed by atoms with van der Waals surface area (Å²) in [5, 5.41) is -0.0508. The van der Waals surface area contributed by atoms with Gasteiger partial charge in [-0.15, -0.1) is 11.6 Å². The third kappa shape index (κ3) is 4.08. The molecule has 5 nitrogen and oxygen atoms in total. The molecule has 0 radical (unpaired) electrons. The Morgan fingerprint density at radius 1 is 1.24 bits per heavy atom. The molecule has 8 heteroatoms. The molecule has 1 fully saturated rings. The van der Waals surface area contributed by atoms with Crippen LogP contribution in [0.1, 0.15) is 20.3 Å². The molecule has 0 aliphatic heterocycles. The molecule has 1 saturated carbocycles. The van der Waals surface area contributed by atoms with Crippen molar-refractivity contribution < 1.29 is 16.8 Å². The van der Waals surface area contributed by atoms with Gasteiger partial charge in [-0.25, -0.2) is 21.6 Å². The van der Waals surface area contributed by atoms with E-state index in [1.165, 1.54) is 0 Å². The quantitative estimate of drug-likeness (QED) is 0.744. The van der Waals surface area contributed by atoms with Gasteiger partial charge in [-0.2, -0.15) is 0 Å². The highest BCUT2D eigenvalue weighted by Crippen LogP contribution is 2.44. The number of hydrogen-bond donors (Lipinski definition) is 1. The van der Waals surface area contributed by atoms with Crippen molar-refractivity contribution in [3.63, 3.8) is 0 Å². The highest BCUT2D eigenvalue weighted by atomic mass is 35.5. The lowest BCUT2D eigenvalue weighted by atomic mass is 9.67. The third-order valence-corrected chi connectivity index (χ3v) is 6.52. The fraction of sp³-hybridized carbons (Fsp3) is 1.00. The monoisotopic (exact) mass is 303 g/mol. The summed E-state index contributed by atoms with van der Waals surface area (Å²) in [6, 6.07) is -0.213. The van der Waals surface area contributed by atoms with Crippen LogP contribution in [-0.2, 0) is 19.9 Å². The van der Waals surface area contributed by atoms with E-state index in [0.29, 0.717) is 6.42 Å². The van der Waals surface area contributed by atoms with Gasteiger partial charge in [-0.1, -0.05) is 13.8 Å². The molecule has 17 heavy (non-hydrogen) atoms. The topological polar surface area (TPSA) is 80.3 Å². The SMILES string of the molecule is CC1(C)C(Cl)CC1NS(=O)(=O)CCS(C)(=O)=O. The first kappa shape index (κ1) is 15.2. The van der Waals surface area contributed by atoms with Crippen LogP contribution >= 0.6 is 11.6 Å². The molecule has 0 aromatic heterocycles. The molecule has 1 aliphatic carbocycles. The minimum atomic E-state index is -3.56. The maximum atomic E-state index is 11.7. The predicted octanol–water partition coefficient (Wildman–Crippen LogP) is 0.356. The van der Waals surface area contributed by atoms with Crippen molar-refractivity contribution in [1.82, 2.24) is 4.72 Å². The van der Waals surface area contributed by atoms with Gasteiger partial charge in [0.1, 0.15) is 9.84 Å². The van der Waals surface area contributed by atoms with Gasteiger partial charge in [0.05, 0.1) is 11.5 Å². The fourth-order valence-electron chi connectivity index (χ4n) is 1.61. The van der Waals surface area contributed by atoms with Crippen LogP contribution in [0.4, 0.5) is 0 Å². The molecule has 0 spiro atoms. The summed E-state index contributed by atoms with van der Waals surface area (Å²) < 4.78 is 47.6. The smallest absolute Gasteiger partial charge is 0.212 e. The lowest BCUT2D eigenvalue weighted by Gasteiger charge is -2.48. The maximum Gasteiger partial charge on any atom is 0.212 e. The second-order valence-corrected chi connectivity index (χ2v) is 9.80. The number of sulfone groups is 1. The summed E-state index contributed by atoms with van der Waals surface area (Å²) in [4.78, 5) is 0. The van der Waals surface area contributed by atoms with E-state index in [9.17, 15) is 16.8 Å². The summed E-state index contributed by atoms with van der Waals surface area (Å²) in [5.41, 5.74) is -0.292. The zero-order valence-electron chi connectivity index (χ0n) is 10.1. The summed E-state index contributed by atoms with van der Waals surface area (Å²) in [6.07, 6.45) is 1.59. The van der Waals surface area contributed by atoms with Gasteiger partial charge < -0.3 is 0 Å². The summed E-state index contributed by atoms with van der Waals surface area (Å²) in [7, 11) is -6.82. The van der Waals surface area contributed by atoms with Gasteiger partial charge in [-0.3, -0.25) is 0 Å². The largest absolute Gasteiger partial charge is 0.229 e. The van der Waals surface area contributed by atoms with Gasteiger partial charge in [0.2, 0.25) is 10.0 Å². The first-order valence-corrected chi connectivity index (χ1v) is 9.41. The van der Waals surface area contributed by atoms with E-state index in [1.54, 1.807) is 0 Å². The maximum absolute atomic E-state index is 11.7. The first-order chi connectivity index (χ1) is 7.44. The van der Waals surface area contributed by atoms with Crippen LogP contribution in [-0.4, -0.2) is 46.0 Å². The van der Waals surface area contributed by atoms with Crippen LogP contribution in [0.15, 0.2) is 0 Å². The second-order valence-electron chi connectivity index (χ2n) is 5.14. The Labute approximate surface area is 108 Å². The van der Waals surface area contributed by atoms with Crippen LogP contribution in [0.5, 0.6) is 0 Å². The average molecular weight is 304 g/mol. The van der Waals surface area contributed by atoms with Crippen molar-refractivity contribution in [2.45, 2.75) is 31.7 Å². The minimum Gasteiger partial charge on any atom is -0.229 e. The van der Waals surface area contributed by atoms with Gasteiger partial charge in [0.15, 0.2) is 0 Å². The van der Waals surface area contributed by atoms with Crippen LogP contribution in [0.3, 0.4) is 0 Å². The Kier molecular flexibility index (Phi) is 4.18. The molecule has 0 aromatic rings. The predicted molar refractivity (Wildman–Crippen MR) is 68.5 cm³/mol. The highest BCUT2D eigenvalue weighted by Gasteiger charge is 2.48. The Morgan fingerprint density at radius 3 is 2.12 bits per heavy atom. The summed E-state index contributed by atoms with van der Waals surface area (Å²) in [5.74, 6) is -0.759. The number of hydrogen-bond acceptors (Lipinski definition) is 4. The van der Waals surface area contributed by atoms with Gasteiger partial charge in [0.25, 0.3) is 0 Å². The van der Waals surface area contributed by atoms with Gasteiger partial charge in [0, 0.05) is 17.7 Å². The van der Waals surface area contributed by atoms with E-state index in [0.717, 1.165) is 6.26 Å². The molecule has 2 unspecified atom stereocenters. The molecule has 0 bridgehead atoms. The molecular formula is C9H18ClNO4S2. The number of halogens is 1. The van der Waals surface area contributed by atoms with Crippen molar-refractivity contribution in [2.24, 2.45) is 5.41 Å². The van der Waals surface area contributed by atoms with Crippen molar-refractivity contribution in [3.05, 3.63) is 0 Å². The van der Waals surface area contributed by atoms with E-state index in [4.69, 9.17) is 11.6 Å². The Balaban J connectivity index is 2.58. The Bertz CT molecular complexity index is 483. The molecule has 102 valence electrons. The van der Waals surface area contributed by atoms with Crippen molar-refractivity contribution in [1.29, 1.82) is 0 Å². The van der Waals surface area contributed by atoms with Crippen LogP contribution < -0.4 is 4.72 Å². The van der Waals surface area contributed by atoms with Gasteiger partial charge in [-0.05, 0) is 11.8 Å².